The first-order chi connectivity index (χ1) is 16.3. The van der Waals surface area contributed by atoms with Crippen LogP contribution in [-0.2, 0) is 28.7 Å². The Balaban J connectivity index is 1.80. The van der Waals surface area contributed by atoms with Crippen LogP contribution in [0.4, 0.5) is 0 Å². The van der Waals surface area contributed by atoms with Crippen LogP contribution in [0, 0.1) is 6.92 Å². The van der Waals surface area contributed by atoms with Gasteiger partial charge < -0.3 is 14.4 Å². The molecular formula is C26H27N3O5. The van der Waals surface area contributed by atoms with Crippen LogP contribution in [0.25, 0.3) is 21.8 Å². The largest absolute Gasteiger partial charge is 0.481 e. The molecule has 2 aromatic carbocycles. The Morgan fingerprint density at radius 3 is 2.50 bits per heavy atom. The van der Waals surface area contributed by atoms with Crippen LogP contribution in [0.1, 0.15) is 30.4 Å². The van der Waals surface area contributed by atoms with Crippen molar-refractivity contribution in [1.29, 1.82) is 0 Å². The Morgan fingerprint density at radius 1 is 1.06 bits per heavy atom. The Bertz CT molecular complexity index is 1540. The van der Waals surface area contributed by atoms with Crippen LogP contribution in [0.5, 0.6) is 0 Å². The zero-order chi connectivity index (χ0) is 24.0. The first-order valence-electron chi connectivity index (χ1n) is 11.4. The number of aryl methyl sites for hydroxylation is 2. The summed E-state index contributed by atoms with van der Waals surface area (Å²) in [5.74, 6) is -1.04. The van der Waals surface area contributed by atoms with Gasteiger partial charge in [-0.1, -0.05) is 24.3 Å². The summed E-state index contributed by atoms with van der Waals surface area (Å²) in [4.78, 5) is 39.5. The van der Waals surface area contributed by atoms with Gasteiger partial charge in [0.25, 0.3) is 5.56 Å². The second kappa shape index (κ2) is 8.29. The van der Waals surface area contributed by atoms with Crippen molar-refractivity contribution in [2.75, 3.05) is 13.2 Å². The van der Waals surface area contributed by atoms with Crippen LogP contribution < -0.4 is 11.2 Å². The molecule has 34 heavy (non-hydrogen) atoms. The van der Waals surface area contributed by atoms with Crippen LogP contribution in [0.3, 0.4) is 0 Å². The topological polar surface area (TPSA) is 95.5 Å². The maximum absolute atomic E-state index is 14.0. The molecule has 4 aromatic rings. The lowest BCUT2D eigenvalue weighted by molar-refractivity contribution is -0.141. The third-order valence-electron chi connectivity index (χ3n) is 7.06. The normalized spacial score (nSPS) is 15.7. The van der Waals surface area contributed by atoms with Gasteiger partial charge in [-0.15, -0.1) is 0 Å². The third kappa shape index (κ3) is 3.45. The van der Waals surface area contributed by atoms with Crippen LogP contribution in [0.15, 0.2) is 58.3 Å². The van der Waals surface area contributed by atoms with Crippen molar-refractivity contribution >= 4 is 27.8 Å². The van der Waals surface area contributed by atoms with E-state index in [4.69, 9.17) is 4.74 Å². The predicted molar refractivity (Wildman–Crippen MR) is 130 cm³/mol. The van der Waals surface area contributed by atoms with Gasteiger partial charge in [-0.3, -0.25) is 18.7 Å². The van der Waals surface area contributed by atoms with Crippen molar-refractivity contribution in [1.82, 2.24) is 13.7 Å². The van der Waals surface area contributed by atoms with Crippen LogP contribution >= 0.6 is 0 Å². The zero-order valence-corrected chi connectivity index (χ0v) is 19.3. The lowest BCUT2D eigenvalue weighted by Crippen LogP contribution is -2.54. The predicted octanol–water partition coefficient (Wildman–Crippen LogP) is 2.99. The maximum atomic E-state index is 14.0. The lowest BCUT2D eigenvalue weighted by Gasteiger charge is -2.37. The van der Waals surface area contributed by atoms with E-state index in [0.29, 0.717) is 37.0 Å². The summed E-state index contributed by atoms with van der Waals surface area (Å²) in [5.41, 5.74) is 1.60. The van der Waals surface area contributed by atoms with Crippen molar-refractivity contribution < 1.29 is 14.6 Å². The standard InChI is InChI=1S/C26H27N3O5/c1-17-6-5-9-21-23(17)18(15-27(21)2)16-28-20-8-4-3-7-19(20)24(32)29(25(28)33)26(14-22(30)31)10-12-34-13-11-26/h3-9,15H,10-14,16H2,1-2H3,(H,30,31). The molecule has 2 aromatic heterocycles. The van der Waals surface area contributed by atoms with Gasteiger partial charge in [0, 0.05) is 37.4 Å². The van der Waals surface area contributed by atoms with E-state index in [9.17, 15) is 19.5 Å². The number of hydrogen-bond acceptors (Lipinski definition) is 4. The molecule has 8 nitrogen and oxygen atoms in total. The maximum Gasteiger partial charge on any atom is 0.332 e. The minimum Gasteiger partial charge on any atom is -0.481 e. The van der Waals surface area contributed by atoms with Gasteiger partial charge in [-0.2, -0.15) is 0 Å². The quantitative estimate of drug-likeness (QED) is 0.493. The van der Waals surface area contributed by atoms with E-state index in [1.54, 1.807) is 28.8 Å². The zero-order valence-electron chi connectivity index (χ0n) is 19.3. The number of carbonyl (C=O) groups is 1. The summed E-state index contributed by atoms with van der Waals surface area (Å²) in [6, 6.07) is 13.1. The molecule has 1 fully saturated rings. The molecule has 0 aliphatic carbocycles. The second-order valence-corrected chi connectivity index (χ2v) is 9.17. The first kappa shape index (κ1) is 22.2. The third-order valence-corrected chi connectivity index (χ3v) is 7.06. The van der Waals surface area contributed by atoms with Gasteiger partial charge in [-0.25, -0.2) is 4.79 Å². The van der Waals surface area contributed by atoms with Gasteiger partial charge in [0.1, 0.15) is 0 Å². The number of aliphatic carboxylic acids is 1. The highest BCUT2D eigenvalue weighted by Crippen LogP contribution is 2.31. The average Bonchev–Trinajstić information content (AvgIpc) is 3.13. The van der Waals surface area contributed by atoms with E-state index in [2.05, 4.69) is 0 Å². The molecule has 0 spiro atoms. The highest BCUT2D eigenvalue weighted by Gasteiger charge is 2.40. The fraction of sp³-hybridized carbons (Fsp3) is 0.346. The summed E-state index contributed by atoms with van der Waals surface area (Å²) in [7, 11) is 1.97. The van der Waals surface area contributed by atoms with E-state index in [-0.39, 0.29) is 13.0 Å². The molecule has 0 bridgehead atoms. The molecule has 8 heteroatoms. The second-order valence-electron chi connectivity index (χ2n) is 9.17. The Hall–Kier alpha value is -3.65. The first-order valence-corrected chi connectivity index (χ1v) is 11.4. The average molecular weight is 462 g/mol. The highest BCUT2D eigenvalue weighted by atomic mass is 16.5. The number of rotatable bonds is 5. The van der Waals surface area contributed by atoms with Gasteiger partial charge >= 0.3 is 11.7 Å². The number of carboxylic acids is 1. The molecular weight excluding hydrogens is 434 g/mol. The van der Waals surface area contributed by atoms with E-state index in [1.807, 2.05) is 42.9 Å². The van der Waals surface area contributed by atoms with Crippen molar-refractivity contribution in [3.8, 4) is 0 Å². The van der Waals surface area contributed by atoms with Crippen molar-refractivity contribution in [3.63, 3.8) is 0 Å². The molecule has 0 radical (unpaired) electrons. The van der Waals surface area contributed by atoms with Gasteiger partial charge in [-0.05, 0) is 49.1 Å². The van der Waals surface area contributed by atoms with Crippen molar-refractivity contribution in [2.45, 2.75) is 38.3 Å². The number of fused-ring (bicyclic) bond motifs is 2. The minimum absolute atomic E-state index is 0.265. The number of carboxylic acid groups (broad SMARTS) is 1. The summed E-state index contributed by atoms with van der Waals surface area (Å²) < 4.78 is 10.3. The Kier molecular flexibility index (Phi) is 5.40. The van der Waals surface area contributed by atoms with Gasteiger partial charge in [0.05, 0.1) is 29.4 Å². The SMILES string of the molecule is Cc1cccc2c1c(Cn1c(=O)n(C3(CC(=O)O)CCOCC3)c(=O)c3ccccc31)cn2C. The molecule has 1 N–H and O–H groups in total. The number of benzene rings is 2. The van der Waals surface area contributed by atoms with E-state index < -0.39 is 22.8 Å². The minimum atomic E-state index is -1.13. The van der Waals surface area contributed by atoms with Crippen LogP contribution in [-0.4, -0.2) is 38.0 Å². The summed E-state index contributed by atoms with van der Waals surface area (Å²) in [6.45, 7) is 2.90. The van der Waals surface area contributed by atoms with E-state index >= 15 is 0 Å². The van der Waals surface area contributed by atoms with Crippen molar-refractivity contribution in [3.05, 3.63) is 80.6 Å². The summed E-state index contributed by atoms with van der Waals surface area (Å²) >= 11 is 0. The van der Waals surface area contributed by atoms with Gasteiger partial charge in [0.2, 0.25) is 0 Å². The highest BCUT2D eigenvalue weighted by molar-refractivity contribution is 5.87. The number of aromatic nitrogens is 3. The lowest BCUT2D eigenvalue weighted by atomic mass is 9.86. The molecule has 176 valence electrons. The molecule has 1 saturated heterocycles. The van der Waals surface area contributed by atoms with E-state index in [1.165, 1.54) is 4.57 Å². The molecule has 0 saturated carbocycles. The van der Waals surface area contributed by atoms with Crippen molar-refractivity contribution in [2.24, 2.45) is 7.05 Å². The molecule has 1 aliphatic rings. The molecule has 0 amide bonds. The number of para-hydroxylation sites is 1. The molecule has 5 rings (SSSR count). The smallest absolute Gasteiger partial charge is 0.332 e. The van der Waals surface area contributed by atoms with E-state index in [0.717, 1.165) is 22.0 Å². The van der Waals surface area contributed by atoms with Gasteiger partial charge in [0.15, 0.2) is 0 Å². The number of nitrogens with zero attached hydrogens (tertiary/aromatic N) is 3. The molecule has 3 heterocycles. The summed E-state index contributed by atoms with van der Waals surface area (Å²) in [5, 5.41) is 11.1. The Labute approximate surface area is 195 Å². The number of ether oxygens (including phenoxy) is 1. The molecule has 1 aliphatic heterocycles. The number of hydrogen-bond donors (Lipinski definition) is 1. The fourth-order valence-electron chi connectivity index (χ4n) is 5.43. The summed E-state index contributed by atoms with van der Waals surface area (Å²) in [6.07, 6.45) is 2.29. The molecule has 0 unspecified atom stereocenters. The monoisotopic (exact) mass is 461 g/mol. The van der Waals surface area contributed by atoms with Crippen LogP contribution in [0.2, 0.25) is 0 Å². The molecule has 0 atom stereocenters. The Morgan fingerprint density at radius 2 is 1.76 bits per heavy atom. The fourth-order valence-corrected chi connectivity index (χ4v) is 5.43.